The van der Waals surface area contributed by atoms with E-state index in [1.54, 1.807) is 7.11 Å². The fraction of sp³-hybridized carbons (Fsp3) is 0.696. The van der Waals surface area contributed by atoms with Gasteiger partial charge in [-0.25, -0.2) is 0 Å². The molecule has 3 aliphatic rings. The monoisotopic (exact) mass is 386 g/mol. The van der Waals surface area contributed by atoms with Crippen LogP contribution in [0.5, 0.6) is 5.75 Å². The summed E-state index contributed by atoms with van der Waals surface area (Å²) in [6.45, 7) is 3.03. The molecular formula is C23H34N2O3. The number of nitrogens with zero attached hydrogens (tertiary/aromatic N) is 2. The number of hydrogen-bond donors (Lipinski definition) is 1. The van der Waals surface area contributed by atoms with Crippen molar-refractivity contribution >= 4 is 5.91 Å². The first-order valence-electron chi connectivity index (χ1n) is 11.0. The van der Waals surface area contributed by atoms with E-state index in [-0.39, 0.29) is 17.9 Å². The summed E-state index contributed by atoms with van der Waals surface area (Å²) < 4.78 is 5.33. The lowest BCUT2D eigenvalue weighted by Crippen LogP contribution is -2.56. The maximum atomic E-state index is 13.0. The van der Waals surface area contributed by atoms with Crippen molar-refractivity contribution in [3.63, 3.8) is 0 Å². The Hall–Kier alpha value is -1.59. The zero-order valence-electron chi connectivity index (χ0n) is 17.1. The van der Waals surface area contributed by atoms with Crippen molar-refractivity contribution < 1.29 is 14.6 Å². The van der Waals surface area contributed by atoms with Gasteiger partial charge in [0.05, 0.1) is 19.3 Å². The van der Waals surface area contributed by atoms with Gasteiger partial charge in [0.1, 0.15) is 5.75 Å². The zero-order valence-corrected chi connectivity index (χ0v) is 17.1. The number of amides is 1. The highest BCUT2D eigenvalue weighted by Gasteiger charge is 2.49. The molecule has 1 N–H and O–H groups in total. The summed E-state index contributed by atoms with van der Waals surface area (Å²) in [6, 6.07) is 8.32. The van der Waals surface area contributed by atoms with Gasteiger partial charge in [-0.05, 0) is 56.2 Å². The molecule has 5 nitrogen and oxygen atoms in total. The number of aliphatic hydroxyl groups is 1. The topological polar surface area (TPSA) is 53.0 Å². The van der Waals surface area contributed by atoms with Crippen LogP contribution in [0, 0.1) is 5.92 Å². The van der Waals surface area contributed by atoms with Crippen molar-refractivity contribution in [1.29, 1.82) is 0 Å². The van der Waals surface area contributed by atoms with Crippen molar-refractivity contribution in [2.45, 2.75) is 63.0 Å². The van der Waals surface area contributed by atoms with Gasteiger partial charge >= 0.3 is 0 Å². The number of ether oxygens (including phenoxy) is 1. The summed E-state index contributed by atoms with van der Waals surface area (Å²) in [7, 11) is 1.68. The highest BCUT2D eigenvalue weighted by atomic mass is 16.5. The molecule has 28 heavy (non-hydrogen) atoms. The lowest BCUT2D eigenvalue weighted by molar-refractivity contribution is -0.145. The molecule has 3 atom stereocenters. The Morgan fingerprint density at radius 1 is 1.07 bits per heavy atom. The summed E-state index contributed by atoms with van der Waals surface area (Å²) in [5.41, 5.74) is 0.602. The maximum absolute atomic E-state index is 13.0. The van der Waals surface area contributed by atoms with Gasteiger partial charge in [0.2, 0.25) is 5.91 Å². The largest absolute Gasteiger partial charge is 0.497 e. The third-order valence-electron chi connectivity index (χ3n) is 7.18. The average molecular weight is 387 g/mol. The molecule has 1 amide bonds. The molecule has 2 saturated heterocycles. The van der Waals surface area contributed by atoms with E-state index in [1.165, 1.54) is 12.0 Å². The van der Waals surface area contributed by atoms with Crippen LogP contribution in [-0.2, 0) is 4.79 Å². The summed E-state index contributed by atoms with van der Waals surface area (Å²) in [4.78, 5) is 17.4. The minimum Gasteiger partial charge on any atom is -0.497 e. The molecule has 1 aromatic rings. The summed E-state index contributed by atoms with van der Waals surface area (Å²) in [6.07, 6.45) is 8.43. The van der Waals surface area contributed by atoms with Crippen LogP contribution in [0.1, 0.15) is 63.0 Å². The second-order valence-electron chi connectivity index (χ2n) is 8.84. The van der Waals surface area contributed by atoms with Crippen LogP contribution in [0.3, 0.4) is 0 Å². The fourth-order valence-corrected chi connectivity index (χ4v) is 5.58. The first-order chi connectivity index (χ1) is 13.6. The van der Waals surface area contributed by atoms with E-state index < -0.39 is 5.60 Å². The van der Waals surface area contributed by atoms with E-state index in [9.17, 15) is 9.90 Å². The van der Waals surface area contributed by atoms with Crippen molar-refractivity contribution in [2.75, 3.05) is 33.3 Å². The number of rotatable bonds is 4. The zero-order chi connectivity index (χ0) is 19.6. The maximum Gasteiger partial charge on any atom is 0.236 e. The van der Waals surface area contributed by atoms with E-state index in [4.69, 9.17) is 4.74 Å². The lowest BCUT2D eigenvalue weighted by atomic mass is 9.66. The van der Waals surface area contributed by atoms with E-state index in [1.807, 2.05) is 17.0 Å². The van der Waals surface area contributed by atoms with Crippen LogP contribution >= 0.6 is 0 Å². The number of likely N-dealkylation sites (tertiary alicyclic amines) is 2. The van der Waals surface area contributed by atoms with Gasteiger partial charge < -0.3 is 14.7 Å². The molecule has 2 aliphatic heterocycles. The molecule has 4 rings (SSSR count). The van der Waals surface area contributed by atoms with Crippen LogP contribution in [0.2, 0.25) is 0 Å². The quantitative estimate of drug-likeness (QED) is 0.862. The third-order valence-corrected chi connectivity index (χ3v) is 7.18. The fourth-order valence-electron chi connectivity index (χ4n) is 5.58. The van der Waals surface area contributed by atoms with Crippen molar-refractivity contribution in [2.24, 2.45) is 5.92 Å². The Balaban J connectivity index is 1.58. The summed E-state index contributed by atoms with van der Waals surface area (Å²) >= 11 is 0. The first kappa shape index (κ1) is 19.7. The Bertz CT molecular complexity index is 671. The number of fused-ring (bicyclic) bond motifs is 1. The predicted molar refractivity (Wildman–Crippen MR) is 109 cm³/mol. The van der Waals surface area contributed by atoms with E-state index >= 15 is 0 Å². The smallest absolute Gasteiger partial charge is 0.236 e. The van der Waals surface area contributed by atoms with Gasteiger partial charge in [-0.15, -0.1) is 0 Å². The van der Waals surface area contributed by atoms with Crippen molar-refractivity contribution in [3.05, 3.63) is 29.8 Å². The molecular weight excluding hydrogens is 352 g/mol. The van der Waals surface area contributed by atoms with Crippen molar-refractivity contribution in [1.82, 2.24) is 9.80 Å². The molecule has 0 radical (unpaired) electrons. The molecule has 0 bridgehead atoms. The average Bonchev–Trinajstić information content (AvgIpc) is 2.74. The standard InChI is InChI=1S/C23H34N2O3/c1-28-19-10-8-18(9-11-19)22-20-7-3-4-12-23(20,27)13-16-25(22)17-21(26)24-14-5-2-6-15-24/h8-11,20,22,27H,2-7,12-17H2,1H3/t20-,22+,23+/m0/s1. The molecule has 5 heteroatoms. The molecule has 0 aromatic heterocycles. The number of carbonyl (C=O) groups excluding carboxylic acids is 1. The van der Waals surface area contributed by atoms with Gasteiger partial charge in [-0.1, -0.05) is 25.0 Å². The number of benzene rings is 1. The van der Waals surface area contributed by atoms with Crippen molar-refractivity contribution in [3.8, 4) is 5.75 Å². The molecule has 1 saturated carbocycles. The van der Waals surface area contributed by atoms with Gasteiger partial charge in [0, 0.05) is 31.6 Å². The number of carbonyl (C=O) groups is 1. The third kappa shape index (κ3) is 3.92. The first-order valence-corrected chi connectivity index (χ1v) is 11.0. The van der Waals surface area contributed by atoms with Gasteiger partial charge in [0.15, 0.2) is 0 Å². The second kappa shape index (κ2) is 8.42. The predicted octanol–water partition coefficient (Wildman–Crippen LogP) is 3.38. The minimum atomic E-state index is -0.590. The molecule has 3 fully saturated rings. The van der Waals surface area contributed by atoms with E-state index in [2.05, 4.69) is 17.0 Å². The summed E-state index contributed by atoms with van der Waals surface area (Å²) in [5, 5.41) is 11.4. The SMILES string of the molecule is COc1ccc([C@@H]2[C@@H]3CCCC[C@@]3(O)CCN2CC(=O)N2CCCCC2)cc1. The lowest BCUT2D eigenvalue weighted by Gasteiger charge is -2.52. The van der Waals surface area contributed by atoms with E-state index in [0.29, 0.717) is 6.54 Å². The number of hydrogen-bond acceptors (Lipinski definition) is 4. The summed E-state index contributed by atoms with van der Waals surface area (Å²) in [5.74, 6) is 1.28. The Labute approximate surface area is 168 Å². The highest BCUT2D eigenvalue weighted by molar-refractivity contribution is 5.78. The molecule has 1 aromatic carbocycles. The normalized spacial score (nSPS) is 31.3. The minimum absolute atomic E-state index is 0.0960. The van der Waals surface area contributed by atoms with Crippen LogP contribution in [-0.4, -0.2) is 59.7 Å². The van der Waals surface area contributed by atoms with Crippen LogP contribution in [0.25, 0.3) is 0 Å². The molecule has 1 aliphatic carbocycles. The van der Waals surface area contributed by atoms with E-state index in [0.717, 1.165) is 70.3 Å². The van der Waals surface area contributed by atoms with Gasteiger partial charge in [-0.3, -0.25) is 9.69 Å². The van der Waals surface area contributed by atoms with Crippen LogP contribution in [0.4, 0.5) is 0 Å². The second-order valence-corrected chi connectivity index (χ2v) is 8.84. The molecule has 2 heterocycles. The van der Waals surface area contributed by atoms with Crippen LogP contribution < -0.4 is 4.74 Å². The Kier molecular flexibility index (Phi) is 5.93. The number of piperidine rings is 2. The van der Waals surface area contributed by atoms with Gasteiger partial charge in [0.25, 0.3) is 0 Å². The highest BCUT2D eigenvalue weighted by Crippen LogP contribution is 2.49. The Morgan fingerprint density at radius 2 is 1.82 bits per heavy atom. The number of methoxy groups -OCH3 is 1. The van der Waals surface area contributed by atoms with Crippen LogP contribution in [0.15, 0.2) is 24.3 Å². The molecule has 0 unspecified atom stereocenters. The molecule has 0 spiro atoms. The molecule has 154 valence electrons. The Morgan fingerprint density at radius 3 is 2.54 bits per heavy atom. The van der Waals surface area contributed by atoms with Gasteiger partial charge in [-0.2, -0.15) is 0 Å².